The Labute approximate surface area is 207 Å². The second kappa shape index (κ2) is 12.7. The third-order valence-electron chi connectivity index (χ3n) is 6.37. The van der Waals surface area contributed by atoms with E-state index in [2.05, 4.69) is 23.6 Å². The number of unbranched alkanes of at least 4 members (excludes halogenated alkanes) is 1. The molecule has 0 N–H and O–H groups in total. The molecule has 1 aromatic carbocycles. The zero-order valence-corrected chi connectivity index (χ0v) is 21.0. The SMILES string of the molecule is C=CCN(CC(=O)N1CCCC[C@@H]1c1nc(-c2cccc(Cl)c2)no1)C(=O)[C@H](CC)CCCC. The monoisotopic (exact) mass is 486 g/mol. The first-order valence-corrected chi connectivity index (χ1v) is 12.6. The molecule has 0 radical (unpaired) electrons. The Kier molecular flexibility index (Phi) is 9.69. The molecule has 0 unspecified atom stereocenters. The molecule has 0 bridgehead atoms. The van der Waals surface area contributed by atoms with E-state index in [0.717, 1.165) is 50.5 Å². The van der Waals surface area contributed by atoms with Crippen molar-refractivity contribution in [1.29, 1.82) is 0 Å². The highest BCUT2D eigenvalue weighted by molar-refractivity contribution is 6.30. The first-order valence-electron chi connectivity index (χ1n) is 12.3. The first kappa shape index (κ1) is 25.9. The number of nitrogens with zero attached hydrogens (tertiary/aromatic N) is 4. The van der Waals surface area contributed by atoms with Gasteiger partial charge in [0.05, 0.1) is 0 Å². The highest BCUT2D eigenvalue weighted by Gasteiger charge is 2.34. The van der Waals surface area contributed by atoms with Crippen LogP contribution in [0.4, 0.5) is 0 Å². The van der Waals surface area contributed by atoms with Gasteiger partial charge in [0.15, 0.2) is 0 Å². The molecule has 1 aliphatic heterocycles. The van der Waals surface area contributed by atoms with E-state index in [1.807, 2.05) is 19.1 Å². The molecule has 1 aromatic heterocycles. The molecule has 3 rings (SSSR count). The van der Waals surface area contributed by atoms with E-state index >= 15 is 0 Å². The Morgan fingerprint density at radius 1 is 1.35 bits per heavy atom. The van der Waals surface area contributed by atoms with Crippen molar-refractivity contribution in [2.24, 2.45) is 5.92 Å². The van der Waals surface area contributed by atoms with Crippen LogP contribution in [-0.2, 0) is 9.59 Å². The third kappa shape index (κ3) is 6.47. The number of aromatic nitrogens is 2. The molecule has 34 heavy (non-hydrogen) atoms. The number of hydrogen-bond acceptors (Lipinski definition) is 5. The maximum atomic E-state index is 13.4. The van der Waals surface area contributed by atoms with E-state index in [1.165, 1.54) is 0 Å². The van der Waals surface area contributed by atoms with Gasteiger partial charge in [0.25, 0.3) is 0 Å². The molecule has 2 atom stereocenters. The average molecular weight is 487 g/mol. The van der Waals surface area contributed by atoms with Crippen molar-refractivity contribution < 1.29 is 14.1 Å². The van der Waals surface area contributed by atoms with Crippen LogP contribution in [0.5, 0.6) is 0 Å². The summed E-state index contributed by atoms with van der Waals surface area (Å²) in [4.78, 5) is 34.6. The van der Waals surface area contributed by atoms with Gasteiger partial charge in [-0.3, -0.25) is 9.59 Å². The summed E-state index contributed by atoms with van der Waals surface area (Å²) in [6, 6.07) is 6.96. The van der Waals surface area contributed by atoms with Crippen molar-refractivity contribution in [3.63, 3.8) is 0 Å². The van der Waals surface area contributed by atoms with Gasteiger partial charge in [-0.15, -0.1) is 6.58 Å². The normalized spacial score (nSPS) is 16.8. The van der Waals surface area contributed by atoms with Crippen LogP contribution in [0.15, 0.2) is 41.4 Å². The van der Waals surface area contributed by atoms with Crippen molar-refractivity contribution >= 4 is 23.4 Å². The number of piperidine rings is 1. The summed E-state index contributed by atoms with van der Waals surface area (Å²) in [5.41, 5.74) is 0.761. The van der Waals surface area contributed by atoms with Gasteiger partial charge >= 0.3 is 0 Å². The van der Waals surface area contributed by atoms with E-state index in [4.69, 9.17) is 16.1 Å². The summed E-state index contributed by atoms with van der Waals surface area (Å²) in [6.07, 6.45) is 7.94. The number of benzene rings is 1. The predicted molar refractivity (Wildman–Crippen MR) is 133 cm³/mol. The van der Waals surface area contributed by atoms with Gasteiger partial charge in [0.1, 0.15) is 12.6 Å². The van der Waals surface area contributed by atoms with Crippen LogP contribution in [0.1, 0.15) is 70.7 Å². The summed E-state index contributed by atoms with van der Waals surface area (Å²) in [5, 5.41) is 4.71. The number of halogens is 1. The molecular formula is C26H35ClN4O3. The Morgan fingerprint density at radius 2 is 2.18 bits per heavy atom. The number of amides is 2. The highest BCUT2D eigenvalue weighted by atomic mass is 35.5. The maximum Gasteiger partial charge on any atom is 0.249 e. The topological polar surface area (TPSA) is 79.5 Å². The summed E-state index contributed by atoms with van der Waals surface area (Å²) < 4.78 is 5.58. The lowest BCUT2D eigenvalue weighted by atomic mass is 9.97. The molecule has 8 heteroatoms. The fourth-order valence-corrected chi connectivity index (χ4v) is 4.65. The van der Waals surface area contributed by atoms with Crippen LogP contribution in [0.3, 0.4) is 0 Å². The smallest absolute Gasteiger partial charge is 0.249 e. The fourth-order valence-electron chi connectivity index (χ4n) is 4.46. The van der Waals surface area contributed by atoms with Gasteiger partial charge in [-0.05, 0) is 44.2 Å². The van der Waals surface area contributed by atoms with Crippen LogP contribution < -0.4 is 0 Å². The average Bonchev–Trinajstić information content (AvgIpc) is 3.34. The third-order valence-corrected chi connectivity index (χ3v) is 6.60. The van der Waals surface area contributed by atoms with Crippen LogP contribution >= 0.6 is 11.6 Å². The number of carbonyl (C=O) groups is 2. The second-order valence-corrected chi connectivity index (χ2v) is 9.26. The molecule has 0 saturated carbocycles. The van der Waals surface area contributed by atoms with Gasteiger partial charge in [-0.25, -0.2) is 0 Å². The number of hydrogen-bond donors (Lipinski definition) is 0. The zero-order valence-electron chi connectivity index (χ0n) is 20.2. The molecule has 1 aliphatic rings. The van der Waals surface area contributed by atoms with Gasteiger partial charge in [0.2, 0.25) is 23.5 Å². The minimum atomic E-state index is -0.301. The van der Waals surface area contributed by atoms with Crippen LogP contribution in [0, 0.1) is 5.92 Å². The van der Waals surface area contributed by atoms with Crippen molar-refractivity contribution in [3.8, 4) is 11.4 Å². The van der Waals surface area contributed by atoms with E-state index in [9.17, 15) is 9.59 Å². The predicted octanol–water partition coefficient (Wildman–Crippen LogP) is 5.67. The Balaban J connectivity index is 1.75. The Bertz CT molecular complexity index is 976. The van der Waals surface area contributed by atoms with E-state index < -0.39 is 0 Å². The highest BCUT2D eigenvalue weighted by Crippen LogP contribution is 2.32. The molecule has 2 heterocycles. The van der Waals surface area contributed by atoms with Gasteiger partial charge in [-0.1, -0.05) is 61.7 Å². The van der Waals surface area contributed by atoms with Crippen molar-refractivity contribution in [2.75, 3.05) is 19.6 Å². The molecule has 1 saturated heterocycles. The zero-order chi connectivity index (χ0) is 24.5. The number of likely N-dealkylation sites (tertiary alicyclic amines) is 1. The summed E-state index contributed by atoms with van der Waals surface area (Å²) in [7, 11) is 0. The van der Waals surface area contributed by atoms with Crippen LogP contribution in [0.25, 0.3) is 11.4 Å². The first-order chi connectivity index (χ1) is 16.5. The number of carbonyl (C=O) groups excluding carboxylic acids is 2. The molecule has 1 fully saturated rings. The Hall–Kier alpha value is -2.67. The molecule has 7 nitrogen and oxygen atoms in total. The quantitative estimate of drug-likeness (QED) is 0.382. The fraction of sp³-hybridized carbons (Fsp3) is 0.538. The molecule has 0 aliphatic carbocycles. The minimum absolute atomic E-state index is 0.0267. The van der Waals surface area contributed by atoms with Crippen molar-refractivity contribution in [1.82, 2.24) is 19.9 Å². The summed E-state index contributed by atoms with van der Waals surface area (Å²) in [5.74, 6) is 0.715. The molecule has 0 spiro atoms. The van der Waals surface area contributed by atoms with E-state index in [-0.39, 0.29) is 30.3 Å². The van der Waals surface area contributed by atoms with E-state index in [1.54, 1.807) is 28.0 Å². The molecular weight excluding hydrogens is 452 g/mol. The molecule has 184 valence electrons. The largest absolute Gasteiger partial charge is 0.337 e. The summed E-state index contributed by atoms with van der Waals surface area (Å²) >= 11 is 6.10. The maximum absolute atomic E-state index is 13.4. The van der Waals surface area contributed by atoms with Gasteiger partial charge < -0.3 is 14.3 Å². The van der Waals surface area contributed by atoms with Crippen molar-refractivity contribution in [2.45, 2.75) is 64.8 Å². The minimum Gasteiger partial charge on any atom is -0.337 e. The Morgan fingerprint density at radius 3 is 2.88 bits per heavy atom. The lowest BCUT2D eigenvalue weighted by Crippen LogP contribution is -2.47. The van der Waals surface area contributed by atoms with Crippen molar-refractivity contribution in [3.05, 3.63) is 47.8 Å². The van der Waals surface area contributed by atoms with Gasteiger partial charge in [-0.2, -0.15) is 4.98 Å². The standard InChI is InChI=1S/C26H35ClN4O3/c1-4-7-11-19(6-3)26(33)30(15-5-2)18-23(32)31-16-9-8-14-22(31)25-28-24(29-34-25)20-12-10-13-21(27)17-20/h5,10,12-13,17,19,22H,2,4,6-9,11,14-16,18H2,1,3H3/t19-,22-/m1/s1. The van der Waals surface area contributed by atoms with Crippen LogP contribution in [-0.4, -0.2) is 51.4 Å². The molecule has 2 amide bonds. The van der Waals surface area contributed by atoms with Gasteiger partial charge in [0, 0.05) is 29.6 Å². The lowest BCUT2D eigenvalue weighted by Gasteiger charge is -2.35. The van der Waals surface area contributed by atoms with E-state index in [0.29, 0.717) is 29.8 Å². The lowest BCUT2D eigenvalue weighted by molar-refractivity contribution is -0.145. The van der Waals surface area contributed by atoms with Crippen LogP contribution in [0.2, 0.25) is 5.02 Å². The molecule has 2 aromatic rings. The summed E-state index contributed by atoms with van der Waals surface area (Å²) in [6.45, 7) is 8.91. The second-order valence-electron chi connectivity index (χ2n) is 8.82. The number of rotatable bonds is 11.